The Morgan fingerprint density at radius 3 is 2.67 bits per heavy atom. The highest BCUT2D eigenvalue weighted by Gasteiger charge is 2.14. The van der Waals surface area contributed by atoms with E-state index < -0.39 is 11.5 Å². The van der Waals surface area contributed by atoms with E-state index in [4.69, 9.17) is 9.84 Å². The molecule has 0 amide bonds. The summed E-state index contributed by atoms with van der Waals surface area (Å²) >= 11 is 0. The van der Waals surface area contributed by atoms with Gasteiger partial charge in [-0.25, -0.2) is 4.79 Å². The van der Waals surface area contributed by atoms with Gasteiger partial charge in [0.25, 0.3) is 5.56 Å². The van der Waals surface area contributed by atoms with Gasteiger partial charge in [0, 0.05) is 12.1 Å². The summed E-state index contributed by atoms with van der Waals surface area (Å²) in [6.07, 6.45) is 0.736. The first-order valence-electron chi connectivity index (χ1n) is 6.70. The molecule has 0 saturated heterocycles. The van der Waals surface area contributed by atoms with Gasteiger partial charge in [-0.3, -0.25) is 4.79 Å². The molecule has 0 atom stereocenters. The van der Waals surface area contributed by atoms with Crippen molar-refractivity contribution in [1.82, 2.24) is 4.57 Å². The number of carbonyl (C=O) groups is 1. The van der Waals surface area contributed by atoms with Crippen LogP contribution in [0, 0.1) is 0 Å². The topological polar surface area (TPSA) is 68.5 Å². The molecule has 0 saturated carbocycles. The molecule has 1 aromatic carbocycles. The summed E-state index contributed by atoms with van der Waals surface area (Å²) < 4.78 is 6.69. The summed E-state index contributed by atoms with van der Waals surface area (Å²) in [5, 5.41) is 9.07. The zero-order chi connectivity index (χ0) is 15.4. The van der Waals surface area contributed by atoms with Gasteiger partial charge in [0.2, 0.25) is 0 Å². The smallest absolute Gasteiger partial charge is 0.341 e. The first-order valence-corrected chi connectivity index (χ1v) is 6.70. The Kier molecular flexibility index (Phi) is 4.42. The van der Waals surface area contributed by atoms with Crippen LogP contribution in [0.5, 0.6) is 5.75 Å². The Bertz CT molecular complexity index is 718. The van der Waals surface area contributed by atoms with Crippen molar-refractivity contribution < 1.29 is 14.6 Å². The molecular formula is C16H17NO4. The third-order valence-corrected chi connectivity index (χ3v) is 3.22. The van der Waals surface area contributed by atoms with E-state index in [1.807, 2.05) is 31.2 Å². The number of aromatic carboxylic acids is 1. The SMILES string of the molecule is CCCn1c(-c2cccc(OC)c2)ccc(C(=O)O)c1=O. The van der Waals surface area contributed by atoms with Gasteiger partial charge in [-0.2, -0.15) is 0 Å². The molecule has 0 aliphatic rings. The number of benzene rings is 1. The Morgan fingerprint density at radius 1 is 1.29 bits per heavy atom. The fourth-order valence-corrected chi connectivity index (χ4v) is 2.22. The molecule has 21 heavy (non-hydrogen) atoms. The second-order valence-corrected chi connectivity index (χ2v) is 4.63. The highest BCUT2D eigenvalue weighted by atomic mass is 16.5. The number of methoxy groups -OCH3 is 1. The van der Waals surface area contributed by atoms with Gasteiger partial charge in [-0.05, 0) is 30.7 Å². The van der Waals surface area contributed by atoms with E-state index in [9.17, 15) is 9.59 Å². The number of aromatic nitrogens is 1. The number of nitrogens with zero attached hydrogens (tertiary/aromatic N) is 1. The van der Waals surface area contributed by atoms with Gasteiger partial charge in [0.05, 0.1) is 12.8 Å². The van der Waals surface area contributed by atoms with Gasteiger partial charge < -0.3 is 14.4 Å². The van der Waals surface area contributed by atoms with E-state index in [0.717, 1.165) is 12.0 Å². The first kappa shape index (κ1) is 14.8. The summed E-state index contributed by atoms with van der Waals surface area (Å²) in [5.41, 5.74) is 0.808. The van der Waals surface area contributed by atoms with Gasteiger partial charge in [0.15, 0.2) is 0 Å². The molecule has 2 aromatic rings. The van der Waals surface area contributed by atoms with Crippen LogP contribution in [0.1, 0.15) is 23.7 Å². The van der Waals surface area contributed by atoms with Gasteiger partial charge in [-0.15, -0.1) is 0 Å². The lowest BCUT2D eigenvalue weighted by molar-refractivity contribution is 0.0694. The molecule has 5 nitrogen and oxygen atoms in total. The summed E-state index contributed by atoms with van der Waals surface area (Å²) in [4.78, 5) is 23.4. The molecule has 1 heterocycles. The van der Waals surface area contributed by atoms with Crippen LogP contribution in [0.2, 0.25) is 0 Å². The van der Waals surface area contributed by atoms with Crippen LogP contribution in [0.3, 0.4) is 0 Å². The fraction of sp³-hybridized carbons (Fsp3) is 0.250. The Hall–Kier alpha value is -2.56. The molecule has 0 unspecified atom stereocenters. The minimum atomic E-state index is -1.21. The van der Waals surface area contributed by atoms with Crippen molar-refractivity contribution in [1.29, 1.82) is 0 Å². The zero-order valence-corrected chi connectivity index (χ0v) is 12.0. The zero-order valence-electron chi connectivity index (χ0n) is 12.0. The minimum Gasteiger partial charge on any atom is -0.497 e. The van der Waals surface area contributed by atoms with E-state index in [2.05, 4.69) is 0 Å². The minimum absolute atomic E-state index is 0.213. The van der Waals surface area contributed by atoms with Gasteiger partial charge in [0.1, 0.15) is 11.3 Å². The number of hydrogen-bond acceptors (Lipinski definition) is 3. The van der Waals surface area contributed by atoms with E-state index >= 15 is 0 Å². The number of hydrogen-bond donors (Lipinski definition) is 1. The first-order chi connectivity index (χ1) is 10.1. The third kappa shape index (κ3) is 2.97. The second-order valence-electron chi connectivity index (χ2n) is 4.63. The number of ether oxygens (including phenoxy) is 1. The summed E-state index contributed by atoms with van der Waals surface area (Å²) in [7, 11) is 1.58. The van der Waals surface area contributed by atoms with E-state index in [1.54, 1.807) is 13.2 Å². The van der Waals surface area contributed by atoms with Crippen molar-refractivity contribution in [2.45, 2.75) is 19.9 Å². The summed E-state index contributed by atoms with van der Waals surface area (Å²) in [6, 6.07) is 10.4. The van der Waals surface area contributed by atoms with Crippen LogP contribution < -0.4 is 10.3 Å². The molecule has 0 radical (unpaired) electrons. The lowest BCUT2D eigenvalue weighted by atomic mass is 10.1. The third-order valence-electron chi connectivity index (χ3n) is 3.22. The highest BCUT2D eigenvalue weighted by molar-refractivity contribution is 5.87. The quantitative estimate of drug-likeness (QED) is 0.918. The predicted octanol–water partition coefficient (Wildman–Crippen LogP) is 2.63. The molecule has 5 heteroatoms. The van der Waals surface area contributed by atoms with Crippen molar-refractivity contribution in [2.24, 2.45) is 0 Å². The monoisotopic (exact) mass is 287 g/mol. The molecule has 0 spiro atoms. The largest absolute Gasteiger partial charge is 0.497 e. The van der Waals surface area contributed by atoms with Crippen molar-refractivity contribution in [3.05, 3.63) is 52.3 Å². The van der Waals surface area contributed by atoms with E-state index in [-0.39, 0.29) is 5.56 Å². The molecule has 1 N–H and O–H groups in total. The molecule has 0 aliphatic carbocycles. The van der Waals surface area contributed by atoms with E-state index in [0.29, 0.717) is 18.0 Å². The highest BCUT2D eigenvalue weighted by Crippen LogP contribution is 2.23. The average molecular weight is 287 g/mol. The molecule has 0 aliphatic heterocycles. The van der Waals surface area contributed by atoms with Crippen LogP contribution in [0.15, 0.2) is 41.2 Å². The van der Waals surface area contributed by atoms with Crippen LogP contribution >= 0.6 is 0 Å². The molecule has 2 rings (SSSR count). The van der Waals surface area contributed by atoms with Crippen LogP contribution in [0.25, 0.3) is 11.3 Å². The fourth-order valence-electron chi connectivity index (χ4n) is 2.22. The molecule has 1 aromatic heterocycles. The summed E-state index contributed by atoms with van der Waals surface area (Å²) in [6.45, 7) is 2.40. The van der Waals surface area contributed by atoms with E-state index in [1.165, 1.54) is 10.6 Å². The van der Waals surface area contributed by atoms with Gasteiger partial charge in [-0.1, -0.05) is 19.1 Å². The Morgan fingerprint density at radius 2 is 2.05 bits per heavy atom. The normalized spacial score (nSPS) is 10.4. The molecule has 110 valence electrons. The van der Waals surface area contributed by atoms with Crippen molar-refractivity contribution in [2.75, 3.05) is 7.11 Å². The lowest BCUT2D eigenvalue weighted by Gasteiger charge is -2.13. The number of carboxylic acid groups (broad SMARTS) is 1. The Balaban J connectivity index is 2.65. The van der Waals surface area contributed by atoms with Crippen LogP contribution in [-0.4, -0.2) is 22.8 Å². The van der Waals surface area contributed by atoms with Gasteiger partial charge >= 0.3 is 5.97 Å². The molecule has 0 fully saturated rings. The molecular weight excluding hydrogens is 270 g/mol. The maximum Gasteiger partial charge on any atom is 0.341 e. The number of rotatable bonds is 5. The predicted molar refractivity (Wildman–Crippen MR) is 79.9 cm³/mol. The maximum absolute atomic E-state index is 12.3. The summed E-state index contributed by atoms with van der Waals surface area (Å²) in [5.74, 6) is -0.521. The average Bonchev–Trinajstić information content (AvgIpc) is 2.49. The van der Waals surface area contributed by atoms with Crippen molar-refractivity contribution in [3.8, 4) is 17.0 Å². The lowest BCUT2D eigenvalue weighted by Crippen LogP contribution is -2.27. The maximum atomic E-state index is 12.3. The second kappa shape index (κ2) is 6.26. The Labute approximate surface area is 122 Å². The van der Waals surface area contributed by atoms with Crippen LogP contribution in [0.4, 0.5) is 0 Å². The molecule has 0 bridgehead atoms. The van der Waals surface area contributed by atoms with Crippen molar-refractivity contribution >= 4 is 5.97 Å². The number of pyridine rings is 1. The standard InChI is InChI=1S/C16H17NO4/c1-3-9-17-14(8-7-13(15(17)18)16(19)20)11-5-4-6-12(10-11)21-2/h4-8,10H,3,9H2,1-2H3,(H,19,20). The van der Waals surface area contributed by atoms with Crippen molar-refractivity contribution in [3.63, 3.8) is 0 Å². The van der Waals surface area contributed by atoms with Crippen LogP contribution in [-0.2, 0) is 6.54 Å². The number of carboxylic acids is 1.